The van der Waals surface area contributed by atoms with Crippen molar-refractivity contribution in [2.24, 2.45) is 11.0 Å². The average Bonchev–Trinajstić information content (AvgIpc) is 3.57. The molecule has 0 spiro atoms. The van der Waals surface area contributed by atoms with E-state index in [9.17, 15) is 18.0 Å². The second-order valence-corrected chi connectivity index (χ2v) is 11.4. The molecular formula is C27H28ClN3O6S. The van der Waals surface area contributed by atoms with Crippen LogP contribution < -0.4 is 4.72 Å². The fraction of sp³-hybridized carbons (Fsp3) is 0.296. The van der Waals surface area contributed by atoms with Crippen LogP contribution in [0.2, 0.25) is 5.02 Å². The maximum atomic E-state index is 13.2. The molecule has 2 heterocycles. The average molecular weight is 558 g/mol. The fourth-order valence-electron chi connectivity index (χ4n) is 3.96. The molecule has 1 aliphatic rings. The van der Waals surface area contributed by atoms with Gasteiger partial charge < -0.3 is 9.15 Å². The molecule has 0 bridgehead atoms. The fourth-order valence-corrected chi connectivity index (χ4v) is 5.42. The molecule has 2 aromatic carbocycles. The van der Waals surface area contributed by atoms with Crippen LogP contribution in [0.5, 0.6) is 0 Å². The molecule has 0 fully saturated rings. The first-order chi connectivity index (χ1) is 18.0. The van der Waals surface area contributed by atoms with Crippen molar-refractivity contribution in [1.82, 2.24) is 9.73 Å². The third kappa shape index (κ3) is 6.32. The van der Waals surface area contributed by atoms with Gasteiger partial charge in [0.2, 0.25) is 10.0 Å². The molecule has 0 radical (unpaired) electrons. The number of ether oxygens (including phenoxy) is 1. The SMILES string of the molecule is Cc1ccc(S(=O)(=O)N[C@H](C(=O)OCC(=O)N2N=C(c3ccc(Cl)cc3)C[C@@H]2c2ccco2)C(C)C)cc1. The van der Waals surface area contributed by atoms with Crippen molar-refractivity contribution < 1.29 is 27.2 Å². The third-order valence-electron chi connectivity index (χ3n) is 6.09. The third-order valence-corrected chi connectivity index (χ3v) is 7.80. The van der Waals surface area contributed by atoms with Gasteiger partial charge in [-0.3, -0.25) is 9.59 Å². The minimum absolute atomic E-state index is 0.0278. The molecule has 1 aliphatic heterocycles. The summed E-state index contributed by atoms with van der Waals surface area (Å²) in [6.07, 6.45) is 1.89. The van der Waals surface area contributed by atoms with Gasteiger partial charge in [0.05, 0.1) is 16.9 Å². The van der Waals surface area contributed by atoms with Gasteiger partial charge in [-0.25, -0.2) is 13.4 Å². The van der Waals surface area contributed by atoms with Gasteiger partial charge in [0.15, 0.2) is 6.61 Å². The number of amides is 1. The summed E-state index contributed by atoms with van der Waals surface area (Å²) in [7, 11) is -3.99. The molecule has 0 aliphatic carbocycles. The number of aryl methyl sites for hydroxylation is 1. The Morgan fingerprint density at radius 3 is 2.42 bits per heavy atom. The monoisotopic (exact) mass is 557 g/mol. The Kier molecular flexibility index (Phi) is 8.35. The number of nitrogens with one attached hydrogen (secondary N) is 1. The first-order valence-corrected chi connectivity index (χ1v) is 13.9. The zero-order valence-corrected chi connectivity index (χ0v) is 22.7. The number of carbonyl (C=O) groups excluding carboxylic acids is 2. The Balaban J connectivity index is 1.47. The summed E-state index contributed by atoms with van der Waals surface area (Å²) in [6, 6.07) is 15.1. The van der Waals surface area contributed by atoms with Gasteiger partial charge in [-0.1, -0.05) is 55.3 Å². The predicted octanol–water partition coefficient (Wildman–Crippen LogP) is 4.47. The van der Waals surface area contributed by atoms with Crippen LogP contribution in [0.1, 0.15) is 43.2 Å². The van der Waals surface area contributed by atoms with Gasteiger partial charge in [0.1, 0.15) is 17.8 Å². The number of esters is 1. The van der Waals surface area contributed by atoms with Gasteiger partial charge in [-0.15, -0.1) is 0 Å². The van der Waals surface area contributed by atoms with Gasteiger partial charge >= 0.3 is 5.97 Å². The Hall–Kier alpha value is -3.47. The number of furan rings is 1. The molecule has 0 saturated heterocycles. The number of nitrogens with zero attached hydrogens (tertiary/aromatic N) is 2. The van der Waals surface area contributed by atoms with E-state index in [0.717, 1.165) is 11.1 Å². The summed E-state index contributed by atoms with van der Waals surface area (Å²) >= 11 is 6.00. The van der Waals surface area contributed by atoms with Crippen molar-refractivity contribution >= 4 is 39.2 Å². The molecule has 1 amide bonds. The minimum Gasteiger partial charge on any atom is -0.467 e. The van der Waals surface area contributed by atoms with E-state index in [1.54, 1.807) is 50.2 Å². The Morgan fingerprint density at radius 2 is 1.82 bits per heavy atom. The smallest absolute Gasteiger partial charge is 0.324 e. The van der Waals surface area contributed by atoms with Crippen molar-refractivity contribution in [3.63, 3.8) is 0 Å². The maximum absolute atomic E-state index is 13.2. The van der Waals surface area contributed by atoms with Crippen molar-refractivity contribution in [3.05, 3.63) is 88.8 Å². The lowest BCUT2D eigenvalue weighted by atomic mass is 10.0. The number of carbonyl (C=O) groups is 2. The molecule has 9 nitrogen and oxygen atoms in total. The van der Waals surface area contributed by atoms with Crippen LogP contribution in [0.15, 0.2) is 81.3 Å². The minimum atomic E-state index is -3.99. The number of hydrogen-bond donors (Lipinski definition) is 1. The first kappa shape index (κ1) is 27.6. The maximum Gasteiger partial charge on any atom is 0.324 e. The van der Waals surface area contributed by atoms with Gasteiger partial charge in [0, 0.05) is 11.4 Å². The van der Waals surface area contributed by atoms with Crippen molar-refractivity contribution in [2.75, 3.05) is 6.61 Å². The summed E-state index contributed by atoms with van der Waals surface area (Å²) in [5.41, 5.74) is 2.34. The molecule has 38 heavy (non-hydrogen) atoms. The standard InChI is InChI=1S/C27H28ClN3O6S/c1-17(2)26(30-38(34,35)21-12-6-18(3)7-13-21)27(33)37-16-25(32)31-23(24-5-4-14-36-24)15-22(29-31)19-8-10-20(28)11-9-19/h4-14,17,23,26,30H,15-16H2,1-3H3/t23-,26+/m1/s1. The normalized spacial score (nSPS) is 16.4. The summed E-state index contributed by atoms with van der Waals surface area (Å²) in [5, 5.41) is 6.29. The molecular weight excluding hydrogens is 530 g/mol. The molecule has 0 unspecified atom stereocenters. The summed E-state index contributed by atoms with van der Waals surface area (Å²) in [5.74, 6) is -1.34. The van der Waals surface area contributed by atoms with E-state index in [-0.39, 0.29) is 4.90 Å². The zero-order valence-electron chi connectivity index (χ0n) is 21.1. The Bertz CT molecular complexity index is 1420. The Labute approximate surface area is 226 Å². The van der Waals surface area contributed by atoms with Crippen LogP contribution in [0.4, 0.5) is 0 Å². The molecule has 1 aromatic heterocycles. The molecule has 1 N–H and O–H groups in total. The number of halogens is 1. The molecule has 2 atom stereocenters. The molecule has 0 saturated carbocycles. The van der Waals surface area contributed by atoms with E-state index in [4.69, 9.17) is 20.8 Å². The van der Waals surface area contributed by atoms with Gasteiger partial charge in [-0.05, 0) is 54.8 Å². The summed E-state index contributed by atoms with van der Waals surface area (Å²) < 4.78 is 38.9. The highest BCUT2D eigenvalue weighted by molar-refractivity contribution is 7.89. The highest BCUT2D eigenvalue weighted by Crippen LogP contribution is 2.33. The van der Waals surface area contributed by atoms with E-state index in [0.29, 0.717) is 22.9 Å². The number of rotatable bonds is 9. The van der Waals surface area contributed by atoms with Crippen LogP contribution in [-0.4, -0.2) is 43.7 Å². The van der Waals surface area contributed by atoms with E-state index in [1.807, 2.05) is 19.1 Å². The predicted molar refractivity (Wildman–Crippen MR) is 142 cm³/mol. The first-order valence-electron chi connectivity index (χ1n) is 12.0. The van der Waals surface area contributed by atoms with Crippen LogP contribution >= 0.6 is 11.6 Å². The highest BCUT2D eigenvalue weighted by atomic mass is 35.5. The number of sulfonamides is 1. The topological polar surface area (TPSA) is 118 Å². The largest absolute Gasteiger partial charge is 0.467 e. The van der Waals surface area contributed by atoms with Crippen LogP contribution in [0, 0.1) is 12.8 Å². The van der Waals surface area contributed by atoms with Crippen molar-refractivity contribution in [3.8, 4) is 0 Å². The quantitative estimate of drug-likeness (QED) is 0.388. The lowest BCUT2D eigenvalue weighted by molar-refractivity contribution is -0.155. The lowest BCUT2D eigenvalue weighted by Gasteiger charge is -2.22. The van der Waals surface area contributed by atoms with Crippen molar-refractivity contribution in [2.45, 2.75) is 44.2 Å². The number of benzene rings is 2. The van der Waals surface area contributed by atoms with Crippen LogP contribution in [-0.2, 0) is 24.3 Å². The zero-order chi connectivity index (χ0) is 27.4. The van der Waals surface area contributed by atoms with Gasteiger partial charge in [-0.2, -0.15) is 9.82 Å². The molecule has 4 rings (SSSR count). The van der Waals surface area contributed by atoms with Crippen LogP contribution in [0.3, 0.4) is 0 Å². The Morgan fingerprint density at radius 1 is 1.13 bits per heavy atom. The van der Waals surface area contributed by atoms with Crippen LogP contribution in [0.25, 0.3) is 0 Å². The lowest BCUT2D eigenvalue weighted by Crippen LogP contribution is -2.46. The second kappa shape index (κ2) is 11.5. The summed E-state index contributed by atoms with van der Waals surface area (Å²) in [4.78, 5) is 26.1. The summed E-state index contributed by atoms with van der Waals surface area (Å²) in [6.45, 7) is 4.58. The van der Waals surface area contributed by atoms with Gasteiger partial charge in [0.25, 0.3) is 5.91 Å². The second-order valence-electron chi connectivity index (χ2n) is 9.29. The molecule has 11 heteroatoms. The molecule has 200 valence electrons. The van der Waals surface area contributed by atoms with Crippen molar-refractivity contribution in [1.29, 1.82) is 0 Å². The van der Waals surface area contributed by atoms with E-state index >= 15 is 0 Å². The van der Waals surface area contributed by atoms with E-state index < -0.39 is 46.5 Å². The number of hydrogen-bond acceptors (Lipinski definition) is 7. The van der Waals surface area contributed by atoms with E-state index in [1.165, 1.54) is 23.4 Å². The number of hydrazone groups is 1. The molecule has 3 aromatic rings. The van der Waals surface area contributed by atoms with E-state index in [2.05, 4.69) is 9.82 Å². The highest BCUT2D eigenvalue weighted by Gasteiger charge is 2.36.